The van der Waals surface area contributed by atoms with Gasteiger partial charge >= 0.3 is 5.97 Å². The number of anilines is 1. The molecule has 1 fully saturated rings. The number of carboxylic acids is 1. The lowest BCUT2D eigenvalue weighted by molar-refractivity contribution is -0.140. The zero-order chi connectivity index (χ0) is 15.4. The highest BCUT2D eigenvalue weighted by atomic mass is 32.1. The second-order valence-corrected chi connectivity index (χ2v) is 7.38. The van der Waals surface area contributed by atoms with Gasteiger partial charge in [-0.15, -0.1) is 11.3 Å². The SMILES string of the molecule is CC1(C)[C@H](C(=O)Nc2sc3c(c2C#N)CCC3)[C@@H]1C(=O)O. The fourth-order valence-electron chi connectivity index (χ4n) is 3.39. The summed E-state index contributed by atoms with van der Waals surface area (Å²) in [5, 5.41) is 21.8. The Morgan fingerprint density at radius 1 is 1.38 bits per heavy atom. The average Bonchev–Trinajstić information content (AvgIpc) is 2.72. The third kappa shape index (κ3) is 2.04. The highest BCUT2D eigenvalue weighted by Crippen LogP contribution is 2.58. The van der Waals surface area contributed by atoms with Gasteiger partial charge in [0.1, 0.15) is 11.1 Å². The van der Waals surface area contributed by atoms with Crippen molar-refractivity contribution in [1.82, 2.24) is 0 Å². The first kappa shape index (κ1) is 14.1. The number of aliphatic carboxylic acids is 1. The molecule has 1 aromatic heterocycles. The molecule has 2 N–H and O–H groups in total. The summed E-state index contributed by atoms with van der Waals surface area (Å²) in [7, 11) is 0. The second-order valence-electron chi connectivity index (χ2n) is 6.28. The molecule has 3 rings (SSSR count). The Bertz CT molecular complexity index is 684. The third-order valence-corrected chi connectivity index (χ3v) is 5.85. The van der Waals surface area contributed by atoms with Crippen molar-refractivity contribution in [1.29, 1.82) is 5.26 Å². The van der Waals surface area contributed by atoms with E-state index in [-0.39, 0.29) is 5.91 Å². The van der Waals surface area contributed by atoms with Crippen molar-refractivity contribution in [3.63, 3.8) is 0 Å². The van der Waals surface area contributed by atoms with Crippen LogP contribution in [-0.4, -0.2) is 17.0 Å². The predicted molar refractivity (Wildman–Crippen MR) is 78.1 cm³/mol. The van der Waals surface area contributed by atoms with Gasteiger partial charge in [0.15, 0.2) is 0 Å². The van der Waals surface area contributed by atoms with Crippen molar-refractivity contribution < 1.29 is 14.7 Å². The summed E-state index contributed by atoms with van der Waals surface area (Å²) in [6.07, 6.45) is 2.90. The Morgan fingerprint density at radius 3 is 2.67 bits per heavy atom. The number of fused-ring (bicyclic) bond motifs is 1. The van der Waals surface area contributed by atoms with Crippen LogP contribution in [0.1, 0.15) is 36.3 Å². The van der Waals surface area contributed by atoms with Gasteiger partial charge in [-0.2, -0.15) is 5.26 Å². The van der Waals surface area contributed by atoms with Gasteiger partial charge in [0.25, 0.3) is 0 Å². The van der Waals surface area contributed by atoms with E-state index in [2.05, 4.69) is 11.4 Å². The standard InChI is InChI=1S/C15H16N2O3S/c1-15(2)10(11(15)14(19)20)12(18)17-13-8(6-16)7-4-3-5-9(7)21-13/h10-11H,3-5H2,1-2H3,(H,17,18)(H,19,20)/t10-,11+/m0/s1. The average molecular weight is 304 g/mol. The molecule has 1 aromatic rings. The first-order valence-electron chi connectivity index (χ1n) is 6.96. The molecule has 21 heavy (non-hydrogen) atoms. The van der Waals surface area contributed by atoms with Gasteiger partial charge in [0, 0.05) is 4.88 Å². The van der Waals surface area contributed by atoms with E-state index in [4.69, 9.17) is 5.11 Å². The van der Waals surface area contributed by atoms with E-state index < -0.39 is 23.2 Å². The van der Waals surface area contributed by atoms with Gasteiger partial charge in [-0.3, -0.25) is 9.59 Å². The number of carbonyl (C=O) groups excluding carboxylic acids is 1. The Morgan fingerprint density at radius 2 is 2.10 bits per heavy atom. The zero-order valence-corrected chi connectivity index (χ0v) is 12.7. The number of aryl methyl sites for hydroxylation is 1. The number of carboxylic acid groups (broad SMARTS) is 1. The molecule has 0 bridgehead atoms. The van der Waals surface area contributed by atoms with Gasteiger partial charge < -0.3 is 10.4 Å². The molecule has 0 aliphatic heterocycles. The lowest BCUT2D eigenvalue weighted by Gasteiger charge is -2.05. The normalized spacial score (nSPS) is 25.0. The maximum atomic E-state index is 12.3. The lowest BCUT2D eigenvalue weighted by atomic mass is 10.1. The van der Waals surface area contributed by atoms with Crippen LogP contribution in [0.5, 0.6) is 0 Å². The maximum absolute atomic E-state index is 12.3. The molecule has 1 saturated carbocycles. The molecule has 2 aliphatic rings. The summed E-state index contributed by atoms with van der Waals surface area (Å²) in [5.74, 6) is -2.40. The number of nitrogens with one attached hydrogen (secondary N) is 1. The van der Waals surface area contributed by atoms with Crippen LogP contribution in [0.4, 0.5) is 5.00 Å². The highest BCUT2D eigenvalue weighted by molar-refractivity contribution is 7.16. The molecule has 6 heteroatoms. The molecule has 110 valence electrons. The van der Waals surface area contributed by atoms with E-state index in [0.717, 1.165) is 24.8 Å². The van der Waals surface area contributed by atoms with Crippen LogP contribution >= 0.6 is 11.3 Å². The Labute approximate surface area is 126 Å². The number of carbonyl (C=O) groups is 2. The molecule has 0 unspecified atom stereocenters. The number of rotatable bonds is 3. The van der Waals surface area contributed by atoms with Crippen LogP contribution in [0, 0.1) is 28.6 Å². The molecule has 0 spiro atoms. The molecule has 0 saturated heterocycles. The van der Waals surface area contributed by atoms with E-state index in [9.17, 15) is 14.9 Å². The van der Waals surface area contributed by atoms with Crippen molar-refractivity contribution in [2.75, 3.05) is 5.32 Å². The third-order valence-electron chi connectivity index (χ3n) is 4.65. The van der Waals surface area contributed by atoms with Gasteiger partial charge in [-0.1, -0.05) is 13.8 Å². The molecule has 1 amide bonds. The molecule has 0 aromatic carbocycles. The number of nitrogens with zero attached hydrogens (tertiary/aromatic N) is 1. The Kier molecular flexibility index (Phi) is 3.06. The molecular weight excluding hydrogens is 288 g/mol. The van der Waals surface area contributed by atoms with Crippen molar-refractivity contribution in [2.24, 2.45) is 17.3 Å². The van der Waals surface area contributed by atoms with Crippen LogP contribution in [0.25, 0.3) is 0 Å². The van der Waals surface area contributed by atoms with Crippen molar-refractivity contribution in [3.8, 4) is 6.07 Å². The summed E-state index contributed by atoms with van der Waals surface area (Å²) in [4.78, 5) is 24.6. The number of amides is 1. The molecule has 2 aliphatic carbocycles. The number of hydrogen-bond donors (Lipinski definition) is 2. The van der Waals surface area contributed by atoms with Crippen LogP contribution in [0.3, 0.4) is 0 Å². The topological polar surface area (TPSA) is 90.2 Å². The highest BCUT2D eigenvalue weighted by Gasteiger charge is 2.66. The summed E-state index contributed by atoms with van der Waals surface area (Å²) in [6.45, 7) is 3.57. The smallest absolute Gasteiger partial charge is 0.307 e. The molecular formula is C15H16N2O3S. The van der Waals surface area contributed by atoms with Crippen LogP contribution < -0.4 is 5.32 Å². The van der Waals surface area contributed by atoms with Gasteiger partial charge in [-0.25, -0.2) is 0 Å². The summed E-state index contributed by atoms with van der Waals surface area (Å²) in [6, 6.07) is 2.17. The summed E-state index contributed by atoms with van der Waals surface area (Å²) < 4.78 is 0. The van der Waals surface area contributed by atoms with E-state index in [0.29, 0.717) is 10.6 Å². The fraction of sp³-hybridized carbons (Fsp3) is 0.533. The van der Waals surface area contributed by atoms with E-state index >= 15 is 0 Å². The quantitative estimate of drug-likeness (QED) is 0.897. The number of thiophene rings is 1. The second kappa shape index (κ2) is 4.57. The molecule has 1 heterocycles. The van der Waals surface area contributed by atoms with Crippen molar-refractivity contribution in [2.45, 2.75) is 33.1 Å². The number of nitriles is 1. The van der Waals surface area contributed by atoms with E-state index in [1.807, 2.05) is 0 Å². The van der Waals surface area contributed by atoms with E-state index in [1.54, 1.807) is 13.8 Å². The predicted octanol–water partition coefficient (Wildman–Crippen LogP) is 2.40. The van der Waals surface area contributed by atoms with Crippen LogP contribution in [0.15, 0.2) is 0 Å². The number of hydrogen-bond acceptors (Lipinski definition) is 4. The monoisotopic (exact) mass is 304 g/mol. The summed E-state index contributed by atoms with van der Waals surface area (Å²) in [5.41, 5.74) is 1.09. The summed E-state index contributed by atoms with van der Waals surface area (Å²) >= 11 is 1.45. The first-order valence-corrected chi connectivity index (χ1v) is 7.78. The van der Waals surface area contributed by atoms with Crippen LogP contribution in [-0.2, 0) is 22.4 Å². The maximum Gasteiger partial charge on any atom is 0.307 e. The van der Waals surface area contributed by atoms with Crippen molar-refractivity contribution in [3.05, 3.63) is 16.0 Å². The van der Waals surface area contributed by atoms with Gasteiger partial charge in [0.05, 0.1) is 17.4 Å². The molecule has 2 atom stereocenters. The minimum Gasteiger partial charge on any atom is -0.481 e. The van der Waals surface area contributed by atoms with Crippen LogP contribution in [0.2, 0.25) is 0 Å². The zero-order valence-electron chi connectivity index (χ0n) is 11.9. The Hall–Kier alpha value is -1.87. The Balaban J connectivity index is 1.81. The van der Waals surface area contributed by atoms with Gasteiger partial charge in [0.2, 0.25) is 5.91 Å². The van der Waals surface area contributed by atoms with Crippen molar-refractivity contribution >= 4 is 28.2 Å². The van der Waals surface area contributed by atoms with E-state index in [1.165, 1.54) is 16.2 Å². The lowest BCUT2D eigenvalue weighted by Crippen LogP contribution is -2.17. The fourth-order valence-corrected chi connectivity index (χ4v) is 4.63. The minimum absolute atomic E-state index is 0.288. The first-order chi connectivity index (χ1) is 9.87. The minimum atomic E-state index is -0.936. The van der Waals surface area contributed by atoms with Gasteiger partial charge in [-0.05, 0) is 30.2 Å². The largest absolute Gasteiger partial charge is 0.481 e. The molecule has 0 radical (unpaired) electrons. The molecule has 5 nitrogen and oxygen atoms in total.